The van der Waals surface area contributed by atoms with Crippen LogP contribution in [0, 0.1) is 0 Å². The lowest BCUT2D eigenvalue weighted by Crippen LogP contribution is -2.32. The van der Waals surface area contributed by atoms with Crippen LogP contribution in [0.2, 0.25) is 0 Å². The minimum Gasteiger partial charge on any atom is -0.394 e. The van der Waals surface area contributed by atoms with Crippen molar-refractivity contribution in [3.05, 3.63) is 46.6 Å². The van der Waals surface area contributed by atoms with E-state index in [1.165, 1.54) is 11.1 Å². The summed E-state index contributed by atoms with van der Waals surface area (Å²) in [5.41, 5.74) is 4.53. The molecular weight excluding hydrogens is 340 g/mol. The normalized spacial score (nSPS) is 16.2. The van der Waals surface area contributed by atoms with Gasteiger partial charge in [0.2, 0.25) is 5.95 Å². The summed E-state index contributed by atoms with van der Waals surface area (Å²) in [6.07, 6.45) is 0.484. The zero-order valence-electron chi connectivity index (χ0n) is 16.6. The van der Waals surface area contributed by atoms with Crippen molar-refractivity contribution in [2.45, 2.75) is 58.7 Å². The van der Waals surface area contributed by atoms with Crippen molar-refractivity contribution in [3.63, 3.8) is 0 Å². The Bertz CT molecular complexity index is 792. The highest BCUT2D eigenvalue weighted by Crippen LogP contribution is 2.28. The molecule has 6 nitrogen and oxygen atoms in total. The maximum Gasteiger partial charge on any atom is 0.225 e. The summed E-state index contributed by atoms with van der Waals surface area (Å²) in [5.74, 6) is 1.77. The van der Waals surface area contributed by atoms with E-state index in [4.69, 9.17) is 4.98 Å². The molecule has 0 saturated heterocycles. The zero-order chi connectivity index (χ0) is 19.6. The van der Waals surface area contributed by atoms with Crippen LogP contribution in [0.15, 0.2) is 24.3 Å². The molecule has 1 aromatic heterocycles. The molecule has 0 spiro atoms. The molecule has 0 radical (unpaired) electrons. The lowest BCUT2D eigenvalue weighted by Gasteiger charge is -2.31. The monoisotopic (exact) mass is 370 g/mol. The molecular formula is C21H30N4O2. The SMILES string of the molecule is CC(C)c1cc(N2CCc3cc([C@@H](C)O)ccc3C2)nc(N[C@H](C)CO)n1. The second kappa shape index (κ2) is 8.23. The zero-order valence-corrected chi connectivity index (χ0v) is 16.6. The van der Waals surface area contributed by atoms with Gasteiger partial charge in [0.1, 0.15) is 5.82 Å². The first-order valence-electron chi connectivity index (χ1n) is 9.68. The molecule has 3 N–H and O–H groups in total. The minimum absolute atomic E-state index is 0.0350. The van der Waals surface area contributed by atoms with Crippen molar-refractivity contribution >= 4 is 11.8 Å². The molecule has 2 atom stereocenters. The van der Waals surface area contributed by atoms with Gasteiger partial charge in [0.25, 0.3) is 0 Å². The van der Waals surface area contributed by atoms with Crippen molar-refractivity contribution in [2.24, 2.45) is 0 Å². The fraction of sp³-hybridized carbons (Fsp3) is 0.524. The van der Waals surface area contributed by atoms with Gasteiger partial charge < -0.3 is 20.4 Å². The fourth-order valence-corrected chi connectivity index (χ4v) is 3.27. The predicted molar refractivity (Wildman–Crippen MR) is 108 cm³/mol. The second-order valence-corrected chi connectivity index (χ2v) is 7.73. The molecule has 2 heterocycles. The number of anilines is 2. The van der Waals surface area contributed by atoms with E-state index in [2.05, 4.69) is 47.2 Å². The van der Waals surface area contributed by atoms with Crippen LogP contribution in [-0.4, -0.2) is 39.4 Å². The first-order chi connectivity index (χ1) is 12.9. The van der Waals surface area contributed by atoms with Crippen molar-refractivity contribution in [2.75, 3.05) is 23.4 Å². The van der Waals surface area contributed by atoms with Crippen LogP contribution in [0.25, 0.3) is 0 Å². The van der Waals surface area contributed by atoms with Crippen molar-refractivity contribution in [1.82, 2.24) is 9.97 Å². The van der Waals surface area contributed by atoms with Crippen LogP contribution in [0.3, 0.4) is 0 Å². The molecule has 1 aliphatic rings. The molecule has 6 heteroatoms. The molecule has 27 heavy (non-hydrogen) atoms. The maximum absolute atomic E-state index is 9.81. The number of hydrogen-bond donors (Lipinski definition) is 3. The molecule has 1 aromatic carbocycles. The van der Waals surface area contributed by atoms with Crippen LogP contribution in [-0.2, 0) is 13.0 Å². The number of fused-ring (bicyclic) bond motifs is 1. The summed E-state index contributed by atoms with van der Waals surface area (Å²) < 4.78 is 0. The standard InChI is InChI=1S/C21H30N4O2/c1-13(2)19-10-20(24-21(23-19)22-14(3)12-26)25-8-7-17-9-16(15(4)27)5-6-18(17)11-25/h5-6,9-10,13-15,26-27H,7-8,11-12H2,1-4H3,(H,22,23,24)/t14-,15-/m1/s1. The number of nitrogens with one attached hydrogen (secondary N) is 1. The topological polar surface area (TPSA) is 81.5 Å². The van der Waals surface area contributed by atoms with Crippen LogP contribution in [0.1, 0.15) is 62.1 Å². The van der Waals surface area contributed by atoms with Gasteiger partial charge in [-0.25, -0.2) is 4.98 Å². The van der Waals surface area contributed by atoms with Crippen molar-refractivity contribution in [3.8, 4) is 0 Å². The summed E-state index contributed by atoms with van der Waals surface area (Å²) in [6, 6.07) is 8.20. The Labute approximate surface area is 161 Å². The summed E-state index contributed by atoms with van der Waals surface area (Å²) in [6.45, 7) is 9.64. The summed E-state index contributed by atoms with van der Waals surface area (Å²) >= 11 is 0. The van der Waals surface area contributed by atoms with E-state index < -0.39 is 6.10 Å². The van der Waals surface area contributed by atoms with Crippen molar-refractivity contribution < 1.29 is 10.2 Å². The van der Waals surface area contributed by atoms with Crippen LogP contribution >= 0.6 is 0 Å². The van der Waals surface area contributed by atoms with Gasteiger partial charge in [-0.2, -0.15) is 4.98 Å². The lowest BCUT2D eigenvalue weighted by atomic mass is 9.95. The largest absolute Gasteiger partial charge is 0.394 e. The lowest BCUT2D eigenvalue weighted by molar-refractivity contribution is 0.199. The van der Waals surface area contributed by atoms with Crippen LogP contribution in [0.4, 0.5) is 11.8 Å². The molecule has 1 aliphatic heterocycles. The Morgan fingerprint density at radius 3 is 2.56 bits per heavy atom. The van der Waals surface area contributed by atoms with Gasteiger partial charge in [-0.15, -0.1) is 0 Å². The summed E-state index contributed by atoms with van der Waals surface area (Å²) in [7, 11) is 0. The average Bonchev–Trinajstić information content (AvgIpc) is 2.66. The van der Waals surface area contributed by atoms with E-state index in [1.54, 1.807) is 6.92 Å². The Kier molecular flexibility index (Phi) is 5.97. The fourth-order valence-electron chi connectivity index (χ4n) is 3.27. The second-order valence-electron chi connectivity index (χ2n) is 7.73. The third-order valence-corrected chi connectivity index (χ3v) is 5.02. The third kappa shape index (κ3) is 4.57. The summed E-state index contributed by atoms with van der Waals surface area (Å²) in [4.78, 5) is 11.6. The molecule has 0 fully saturated rings. The van der Waals surface area contributed by atoms with E-state index in [1.807, 2.05) is 13.0 Å². The summed E-state index contributed by atoms with van der Waals surface area (Å²) in [5, 5.41) is 22.3. The van der Waals surface area contributed by atoms with Gasteiger partial charge in [0, 0.05) is 25.2 Å². The van der Waals surface area contributed by atoms with Gasteiger partial charge >= 0.3 is 0 Å². The molecule has 0 amide bonds. The number of aliphatic hydroxyl groups excluding tert-OH is 2. The molecule has 2 aromatic rings. The predicted octanol–water partition coefficient (Wildman–Crippen LogP) is 3.01. The van der Waals surface area contributed by atoms with Gasteiger partial charge in [-0.05, 0) is 42.9 Å². The smallest absolute Gasteiger partial charge is 0.225 e. The molecule has 0 unspecified atom stereocenters. The number of aliphatic hydroxyl groups is 2. The highest BCUT2D eigenvalue weighted by molar-refractivity contribution is 5.49. The highest BCUT2D eigenvalue weighted by Gasteiger charge is 2.20. The van der Waals surface area contributed by atoms with Gasteiger partial charge in [0.05, 0.1) is 18.4 Å². The Morgan fingerprint density at radius 2 is 1.89 bits per heavy atom. The Hall–Kier alpha value is -2.18. The number of aromatic nitrogens is 2. The minimum atomic E-state index is -0.439. The average molecular weight is 370 g/mol. The molecule has 146 valence electrons. The number of hydrogen-bond acceptors (Lipinski definition) is 6. The van der Waals surface area contributed by atoms with Crippen LogP contribution in [0.5, 0.6) is 0 Å². The number of benzene rings is 1. The first kappa shape index (κ1) is 19.6. The quantitative estimate of drug-likeness (QED) is 0.725. The van der Waals surface area contributed by atoms with Gasteiger partial charge in [-0.1, -0.05) is 32.0 Å². The third-order valence-electron chi connectivity index (χ3n) is 5.02. The van der Waals surface area contributed by atoms with E-state index in [0.29, 0.717) is 11.9 Å². The Morgan fingerprint density at radius 1 is 1.11 bits per heavy atom. The molecule has 0 aliphatic carbocycles. The Balaban J connectivity index is 1.87. The number of nitrogens with zero attached hydrogens (tertiary/aromatic N) is 3. The van der Waals surface area contributed by atoms with Gasteiger partial charge in [0.15, 0.2) is 0 Å². The first-order valence-corrected chi connectivity index (χ1v) is 9.68. The van der Waals surface area contributed by atoms with Crippen molar-refractivity contribution in [1.29, 1.82) is 0 Å². The maximum atomic E-state index is 9.81. The molecule has 3 rings (SSSR count). The van der Waals surface area contributed by atoms with E-state index in [0.717, 1.165) is 36.6 Å². The molecule has 0 bridgehead atoms. The highest BCUT2D eigenvalue weighted by atomic mass is 16.3. The van der Waals surface area contributed by atoms with E-state index in [9.17, 15) is 10.2 Å². The molecule has 0 saturated carbocycles. The number of rotatable bonds is 6. The van der Waals surface area contributed by atoms with Crippen LogP contribution < -0.4 is 10.2 Å². The van der Waals surface area contributed by atoms with Gasteiger partial charge in [-0.3, -0.25) is 0 Å². The van der Waals surface area contributed by atoms with E-state index in [-0.39, 0.29) is 12.6 Å². The van der Waals surface area contributed by atoms with E-state index >= 15 is 0 Å².